The summed E-state index contributed by atoms with van der Waals surface area (Å²) in [6.07, 6.45) is 16.2. The maximum Gasteiger partial charge on any atom is 0.312 e. The number of hydrogen-bond donors (Lipinski definition) is 0. The van der Waals surface area contributed by atoms with Gasteiger partial charge in [-0.1, -0.05) is 96.1 Å². The molecule has 0 spiro atoms. The molecule has 57 heavy (non-hydrogen) atoms. The minimum absolute atomic E-state index is 0.0471. The molecule has 8 nitrogen and oxygen atoms in total. The minimum atomic E-state index is -0.563. The second-order valence-electron chi connectivity index (χ2n) is 15.6. The normalized spacial score (nSPS) is 24.8. The molecule has 4 atom stereocenters. The Hall–Kier alpha value is -6.02. The van der Waals surface area contributed by atoms with Gasteiger partial charge in [-0.15, -0.1) is 0 Å². The molecule has 4 bridgehead atoms. The molecule has 8 rings (SSSR count). The van der Waals surface area contributed by atoms with Gasteiger partial charge in [-0.2, -0.15) is 0 Å². The van der Waals surface area contributed by atoms with Crippen LogP contribution in [0.2, 0.25) is 0 Å². The van der Waals surface area contributed by atoms with E-state index in [-0.39, 0.29) is 42.9 Å². The number of carbonyl (C=O) groups excluding carboxylic acids is 2. The molecule has 0 N–H and O–H groups in total. The molecule has 0 radical (unpaired) electrons. The molecule has 4 unspecified atom stereocenters. The van der Waals surface area contributed by atoms with Crippen molar-refractivity contribution in [2.24, 2.45) is 21.8 Å². The molecule has 4 aliphatic carbocycles. The fraction of sp³-hybridized carbons (Fsp3) is 0.306. The van der Waals surface area contributed by atoms with Gasteiger partial charge in [0.2, 0.25) is 11.8 Å². The average Bonchev–Trinajstić information content (AvgIpc) is 3.19. The van der Waals surface area contributed by atoms with Gasteiger partial charge < -0.3 is 9.47 Å². The number of hydrogen-bond acceptors (Lipinski definition) is 8. The van der Waals surface area contributed by atoms with Crippen molar-refractivity contribution >= 4 is 24.4 Å². The first-order valence-corrected chi connectivity index (χ1v) is 20.0. The summed E-state index contributed by atoms with van der Waals surface area (Å²) in [6, 6.07) is 27.8. The van der Waals surface area contributed by atoms with Crippen molar-refractivity contribution in [3.8, 4) is 11.8 Å². The Balaban J connectivity index is 0.914. The van der Waals surface area contributed by atoms with Gasteiger partial charge in [0, 0.05) is 86.0 Å². The summed E-state index contributed by atoms with van der Waals surface area (Å²) in [5.74, 6) is -0.0538. The van der Waals surface area contributed by atoms with Crippen LogP contribution in [0.4, 0.5) is 0 Å². The summed E-state index contributed by atoms with van der Waals surface area (Å²) in [4.78, 5) is 46.2. The van der Waals surface area contributed by atoms with Gasteiger partial charge in [-0.25, -0.2) is 9.97 Å². The highest BCUT2D eigenvalue weighted by atomic mass is 16.5. The summed E-state index contributed by atoms with van der Waals surface area (Å²) in [7, 11) is 0. The highest BCUT2D eigenvalue weighted by Gasteiger charge is 2.48. The van der Waals surface area contributed by atoms with Crippen LogP contribution in [0.15, 0.2) is 142 Å². The smallest absolute Gasteiger partial charge is 0.312 e. The lowest BCUT2D eigenvalue weighted by Crippen LogP contribution is -2.40. The Labute approximate surface area is 334 Å². The summed E-state index contributed by atoms with van der Waals surface area (Å²) in [6.45, 7) is 8.50. The number of carbonyl (C=O) groups is 2. The molecule has 4 aromatic rings. The molecule has 4 aliphatic rings. The van der Waals surface area contributed by atoms with Crippen LogP contribution in [-0.4, -0.2) is 34.3 Å². The number of allylic oxidation sites excluding steroid dienone is 4. The number of pyridine rings is 2. The minimum Gasteiger partial charge on any atom is -0.407 e. The topological polar surface area (TPSA) is 103 Å². The number of esters is 2. The van der Waals surface area contributed by atoms with E-state index in [1.54, 1.807) is 12.1 Å². The first kappa shape index (κ1) is 37.9. The fourth-order valence-corrected chi connectivity index (χ4v) is 9.45. The van der Waals surface area contributed by atoms with Gasteiger partial charge in [-0.05, 0) is 68.5 Å². The van der Waals surface area contributed by atoms with Gasteiger partial charge in [0.05, 0.1) is 11.4 Å². The van der Waals surface area contributed by atoms with Crippen LogP contribution in [0.5, 0.6) is 11.8 Å². The van der Waals surface area contributed by atoms with E-state index < -0.39 is 23.0 Å². The fourth-order valence-electron chi connectivity index (χ4n) is 9.45. The van der Waals surface area contributed by atoms with E-state index in [1.165, 1.54) is 22.3 Å². The first-order valence-electron chi connectivity index (χ1n) is 20.0. The number of rotatable bonds is 10. The number of nitrogens with zero attached hydrogens (tertiary/aromatic N) is 4. The summed E-state index contributed by atoms with van der Waals surface area (Å²) >= 11 is 0. The Morgan fingerprint density at radius 1 is 0.649 bits per heavy atom. The van der Waals surface area contributed by atoms with Gasteiger partial charge >= 0.3 is 11.9 Å². The maximum absolute atomic E-state index is 13.0. The lowest BCUT2D eigenvalue weighted by molar-refractivity contribution is -0.136. The third kappa shape index (κ3) is 7.49. The lowest BCUT2D eigenvalue weighted by Gasteiger charge is -2.45. The van der Waals surface area contributed by atoms with Crippen molar-refractivity contribution in [2.45, 2.75) is 83.7 Å². The number of aliphatic imine (C=N–C) groups is 2. The molecular formula is C49H48N4O4. The highest BCUT2D eigenvalue weighted by Crippen LogP contribution is 2.54. The second-order valence-corrected chi connectivity index (χ2v) is 15.6. The van der Waals surface area contributed by atoms with Crippen molar-refractivity contribution in [2.75, 3.05) is 0 Å². The molecule has 2 aromatic heterocycles. The van der Waals surface area contributed by atoms with E-state index in [4.69, 9.17) is 29.4 Å². The quantitative estimate of drug-likeness (QED) is 0.0907. The zero-order valence-corrected chi connectivity index (χ0v) is 33.1. The summed E-state index contributed by atoms with van der Waals surface area (Å²) < 4.78 is 11.4. The number of fused-ring (bicyclic) bond motifs is 8. The van der Waals surface area contributed by atoms with E-state index in [9.17, 15) is 9.59 Å². The average molecular weight is 757 g/mol. The third-order valence-electron chi connectivity index (χ3n) is 11.7. The summed E-state index contributed by atoms with van der Waals surface area (Å²) in [5.41, 5.74) is 9.94. The van der Waals surface area contributed by atoms with Crippen LogP contribution in [0.25, 0.3) is 0 Å². The van der Waals surface area contributed by atoms with Crippen molar-refractivity contribution < 1.29 is 19.1 Å². The largest absolute Gasteiger partial charge is 0.407 e. The Kier molecular flexibility index (Phi) is 10.5. The molecule has 0 fully saturated rings. The predicted octanol–water partition coefficient (Wildman–Crippen LogP) is 9.72. The van der Waals surface area contributed by atoms with Crippen LogP contribution >= 0.6 is 0 Å². The van der Waals surface area contributed by atoms with E-state index >= 15 is 0 Å². The molecule has 0 saturated heterocycles. The Morgan fingerprint density at radius 2 is 1.07 bits per heavy atom. The maximum atomic E-state index is 13.0. The Bertz CT molecular complexity index is 2230. The van der Waals surface area contributed by atoms with Gasteiger partial charge in [0.15, 0.2) is 0 Å². The predicted molar refractivity (Wildman–Crippen MR) is 224 cm³/mol. The third-order valence-corrected chi connectivity index (χ3v) is 11.7. The molecule has 2 heterocycles. The number of ether oxygens (including phenoxy) is 2. The molecule has 0 saturated carbocycles. The van der Waals surface area contributed by atoms with Crippen molar-refractivity contribution in [3.05, 3.63) is 165 Å². The van der Waals surface area contributed by atoms with E-state index in [0.29, 0.717) is 12.8 Å². The summed E-state index contributed by atoms with van der Waals surface area (Å²) in [5, 5.41) is 0. The van der Waals surface area contributed by atoms with E-state index in [2.05, 4.69) is 76.3 Å². The van der Waals surface area contributed by atoms with E-state index in [1.807, 2.05) is 61.0 Å². The van der Waals surface area contributed by atoms with Crippen molar-refractivity contribution in [1.82, 2.24) is 9.97 Å². The lowest BCUT2D eigenvalue weighted by atomic mass is 9.63. The van der Waals surface area contributed by atoms with E-state index in [0.717, 1.165) is 46.5 Å². The Morgan fingerprint density at radius 3 is 1.47 bits per heavy atom. The zero-order chi connectivity index (χ0) is 39.6. The van der Waals surface area contributed by atoms with Crippen LogP contribution in [0.1, 0.15) is 93.4 Å². The first-order chi connectivity index (χ1) is 27.7. The van der Waals surface area contributed by atoms with Gasteiger partial charge in [0.1, 0.15) is 11.1 Å². The molecule has 0 aliphatic heterocycles. The standard InChI is InChI=1S/C49H48N4O4/c1-5-38-36-24-32(3)28-48(38,50-30-34-14-9-7-10-15-34)40-20-22-44(52-42(40)26-36)56-46(54)18-13-19-47(55)57-45-23-21-41-43(53-45)27-37-25-33(4)29-49(41,39(37)6-2)51-31-35-16-11-8-12-17-35/h5-12,14-17,20-25,30-31,36-37H,13,18-19,26-29H2,1-4H3. The second kappa shape index (κ2) is 15.8. The molecule has 0 amide bonds. The van der Waals surface area contributed by atoms with Crippen LogP contribution < -0.4 is 9.47 Å². The molecular weight excluding hydrogens is 709 g/mol. The van der Waals surface area contributed by atoms with Crippen LogP contribution in [-0.2, 0) is 33.5 Å². The van der Waals surface area contributed by atoms with Crippen molar-refractivity contribution in [3.63, 3.8) is 0 Å². The van der Waals surface area contributed by atoms with Crippen LogP contribution in [0.3, 0.4) is 0 Å². The molecule has 2 aromatic carbocycles. The number of benzene rings is 2. The number of aromatic nitrogens is 2. The highest BCUT2D eigenvalue weighted by molar-refractivity contribution is 5.81. The SMILES string of the molecule is CC=C1C2C=C(C)CC1(N=Cc1ccccc1)c1ccc(OC(=O)CCCC(=O)Oc3ccc4c(n3)CC3C=C(C)CC4(N=Cc4ccccc4)C3=CC)nc1C2. The van der Waals surface area contributed by atoms with Gasteiger partial charge in [-0.3, -0.25) is 19.6 Å². The molecule has 288 valence electrons. The van der Waals surface area contributed by atoms with Crippen molar-refractivity contribution in [1.29, 1.82) is 0 Å². The molecule has 8 heteroatoms. The van der Waals surface area contributed by atoms with Crippen LogP contribution in [0, 0.1) is 11.8 Å². The monoisotopic (exact) mass is 756 g/mol. The zero-order valence-electron chi connectivity index (χ0n) is 33.1. The van der Waals surface area contributed by atoms with Gasteiger partial charge in [0.25, 0.3) is 0 Å².